The first-order chi connectivity index (χ1) is 11.7. The van der Waals surface area contributed by atoms with E-state index in [1.807, 2.05) is 0 Å². The molecule has 2 aliphatic rings. The monoisotopic (exact) mass is 358 g/mol. The highest BCUT2D eigenvalue weighted by Crippen LogP contribution is 2.42. The number of halogens is 3. The molecule has 0 spiro atoms. The summed E-state index contributed by atoms with van der Waals surface area (Å²) in [5.41, 5.74) is 5.36. The minimum Gasteiger partial charge on any atom is -0.341 e. The maximum absolute atomic E-state index is 13.1. The molecule has 2 unspecified atom stereocenters. The Balaban J connectivity index is 1.70. The maximum atomic E-state index is 13.1. The Morgan fingerprint density at radius 1 is 1.36 bits per heavy atom. The molecule has 1 aromatic rings. The largest absolute Gasteiger partial charge is 0.435 e. The van der Waals surface area contributed by atoms with Gasteiger partial charge in [0.1, 0.15) is 0 Å². The quantitative estimate of drug-likeness (QED) is 0.903. The summed E-state index contributed by atoms with van der Waals surface area (Å²) in [6, 6.07) is 0.165. The lowest BCUT2D eigenvalue weighted by Gasteiger charge is -2.44. The zero-order valence-electron chi connectivity index (χ0n) is 14.6. The lowest BCUT2D eigenvalue weighted by molar-refractivity contribution is -0.144. The van der Waals surface area contributed by atoms with Crippen LogP contribution in [0.3, 0.4) is 0 Å². The minimum atomic E-state index is -4.52. The number of hydrogen-bond donors (Lipinski definition) is 1. The summed E-state index contributed by atoms with van der Waals surface area (Å²) in [4.78, 5) is 14.2. The number of aryl methyl sites for hydroxylation is 1. The van der Waals surface area contributed by atoms with E-state index in [2.05, 4.69) is 5.10 Å². The van der Waals surface area contributed by atoms with Crippen molar-refractivity contribution >= 4 is 5.91 Å². The first-order valence-electron chi connectivity index (χ1n) is 8.77. The number of nitrogens with zero attached hydrogens (tertiary/aromatic N) is 3. The zero-order chi connectivity index (χ0) is 18.4. The number of aromatic nitrogens is 2. The van der Waals surface area contributed by atoms with Crippen LogP contribution >= 0.6 is 0 Å². The van der Waals surface area contributed by atoms with Gasteiger partial charge in [-0.25, -0.2) is 0 Å². The predicted molar refractivity (Wildman–Crippen MR) is 86.2 cm³/mol. The van der Waals surface area contributed by atoms with E-state index >= 15 is 0 Å². The van der Waals surface area contributed by atoms with E-state index in [0.717, 1.165) is 36.8 Å². The highest BCUT2D eigenvalue weighted by Gasteiger charge is 2.42. The van der Waals surface area contributed by atoms with E-state index in [9.17, 15) is 18.0 Å². The van der Waals surface area contributed by atoms with Crippen molar-refractivity contribution in [3.05, 3.63) is 17.5 Å². The first-order valence-corrected chi connectivity index (χ1v) is 8.77. The maximum Gasteiger partial charge on any atom is 0.435 e. The van der Waals surface area contributed by atoms with Gasteiger partial charge in [0.25, 0.3) is 0 Å². The Morgan fingerprint density at radius 3 is 2.52 bits per heavy atom. The summed E-state index contributed by atoms with van der Waals surface area (Å²) < 4.78 is 40.4. The van der Waals surface area contributed by atoms with Gasteiger partial charge >= 0.3 is 6.18 Å². The van der Waals surface area contributed by atoms with Crippen molar-refractivity contribution in [2.24, 2.45) is 30.5 Å². The van der Waals surface area contributed by atoms with Crippen molar-refractivity contribution in [3.63, 3.8) is 0 Å². The third kappa shape index (κ3) is 3.68. The highest BCUT2D eigenvalue weighted by molar-refractivity contribution is 5.78. The molecular weight excluding hydrogens is 333 g/mol. The van der Waals surface area contributed by atoms with E-state index in [1.54, 1.807) is 7.05 Å². The van der Waals surface area contributed by atoms with Gasteiger partial charge in [-0.15, -0.1) is 0 Å². The number of carbonyl (C=O) groups excluding carboxylic acids is 1. The number of hydrogen-bond acceptors (Lipinski definition) is 3. The van der Waals surface area contributed by atoms with Crippen LogP contribution < -0.4 is 5.73 Å². The summed E-state index contributed by atoms with van der Waals surface area (Å²) >= 11 is 0. The molecule has 1 amide bonds. The molecule has 140 valence electrons. The molecule has 2 aliphatic carbocycles. The fourth-order valence-electron chi connectivity index (χ4n) is 4.53. The second-order valence-electron chi connectivity index (χ2n) is 7.57. The van der Waals surface area contributed by atoms with Crippen LogP contribution in [0, 0.1) is 17.8 Å². The molecule has 8 heteroatoms. The van der Waals surface area contributed by atoms with Gasteiger partial charge in [-0.1, -0.05) is 6.42 Å². The van der Waals surface area contributed by atoms with Crippen LogP contribution in [-0.4, -0.2) is 33.7 Å². The van der Waals surface area contributed by atoms with Crippen molar-refractivity contribution in [1.29, 1.82) is 0 Å². The van der Waals surface area contributed by atoms with Gasteiger partial charge in [0.2, 0.25) is 5.91 Å². The molecule has 2 N–H and O–H groups in total. The van der Waals surface area contributed by atoms with Gasteiger partial charge in [-0.05, 0) is 37.5 Å². The van der Waals surface area contributed by atoms with Crippen molar-refractivity contribution in [3.8, 4) is 0 Å². The second-order valence-corrected chi connectivity index (χ2v) is 7.57. The smallest absolute Gasteiger partial charge is 0.341 e. The average molecular weight is 358 g/mol. The fraction of sp³-hybridized carbons (Fsp3) is 0.765. The standard InChI is InChI=1S/C17H25F3N4O/c1-23(8-13-9-24(2)22-15(13)17(18,19)20)16(25)12-6-10-4-3-5-11(7-12)14(10)21/h9-12,14H,3-8,21H2,1-2H3. The third-order valence-corrected chi connectivity index (χ3v) is 5.72. The van der Waals surface area contributed by atoms with Crippen LogP contribution in [0.4, 0.5) is 13.2 Å². The first kappa shape index (κ1) is 18.2. The Hall–Kier alpha value is -1.57. The van der Waals surface area contributed by atoms with E-state index < -0.39 is 11.9 Å². The number of fused-ring (bicyclic) bond motifs is 2. The molecule has 1 heterocycles. The molecule has 5 nitrogen and oxygen atoms in total. The minimum absolute atomic E-state index is 0.0264. The van der Waals surface area contributed by atoms with Crippen molar-refractivity contribution in [2.45, 2.75) is 50.9 Å². The molecule has 0 aromatic carbocycles. The number of alkyl halides is 3. The molecule has 0 radical (unpaired) electrons. The van der Waals surface area contributed by atoms with E-state index in [4.69, 9.17) is 5.73 Å². The molecule has 2 saturated carbocycles. The van der Waals surface area contributed by atoms with Crippen molar-refractivity contribution in [1.82, 2.24) is 14.7 Å². The molecular formula is C17H25F3N4O. The van der Waals surface area contributed by atoms with Crippen LogP contribution in [0.15, 0.2) is 6.20 Å². The summed E-state index contributed by atoms with van der Waals surface area (Å²) in [5.74, 6) is 0.504. The van der Waals surface area contributed by atoms with Gasteiger partial charge in [0, 0.05) is 44.4 Å². The highest BCUT2D eigenvalue weighted by atomic mass is 19.4. The Bertz CT molecular complexity index is 628. The lowest BCUT2D eigenvalue weighted by Crippen LogP contribution is -2.49. The molecule has 3 rings (SSSR count). The molecule has 1 aromatic heterocycles. The van der Waals surface area contributed by atoms with Gasteiger partial charge in [0.15, 0.2) is 5.69 Å². The number of carbonyl (C=O) groups is 1. The second kappa shape index (κ2) is 6.63. The SMILES string of the molecule is CN(Cc1cn(C)nc1C(F)(F)F)C(=O)C1CC2CCCC(C1)C2N. The summed E-state index contributed by atoms with van der Waals surface area (Å²) in [6.07, 6.45) is 1.57. The molecule has 0 aliphatic heterocycles. The van der Waals surface area contributed by atoms with Crippen LogP contribution in [0.2, 0.25) is 0 Å². The number of rotatable bonds is 3. The van der Waals surface area contributed by atoms with Gasteiger partial charge in [-0.2, -0.15) is 18.3 Å². The third-order valence-electron chi connectivity index (χ3n) is 5.72. The van der Waals surface area contributed by atoms with E-state index in [0.29, 0.717) is 11.8 Å². The lowest BCUT2D eigenvalue weighted by atomic mass is 9.65. The van der Waals surface area contributed by atoms with E-state index in [1.165, 1.54) is 18.1 Å². The summed E-state index contributed by atoms with van der Waals surface area (Å²) in [6.45, 7) is -0.0839. The normalized spacial score (nSPS) is 29.5. The van der Waals surface area contributed by atoms with Crippen molar-refractivity contribution in [2.75, 3.05) is 7.05 Å². The van der Waals surface area contributed by atoms with Crippen LogP contribution in [-0.2, 0) is 24.6 Å². The fourth-order valence-corrected chi connectivity index (χ4v) is 4.53. The van der Waals surface area contributed by atoms with Gasteiger partial charge in [0.05, 0.1) is 0 Å². The van der Waals surface area contributed by atoms with E-state index in [-0.39, 0.29) is 30.0 Å². The number of amides is 1. The topological polar surface area (TPSA) is 64.2 Å². The van der Waals surface area contributed by atoms with Crippen LogP contribution in [0.1, 0.15) is 43.4 Å². The Kier molecular flexibility index (Phi) is 4.83. The summed E-state index contributed by atoms with van der Waals surface area (Å²) in [5, 5.41) is 3.50. The average Bonchev–Trinajstić information content (AvgIpc) is 2.87. The molecule has 2 atom stereocenters. The Morgan fingerprint density at radius 2 is 1.96 bits per heavy atom. The zero-order valence-corrected chi connectivity index (χ0v) is 14.6. The Labute approximate surface area is 145 Å². The van der Waals surface area contributed by atoms with Crippen LogP contribution in [0.25, 0.3) is 0 Å². The van der Waals surface area contributed by atoms with Gasteiger partial charge in [-0.3, -0.25) is 9.48 Å². The van der Waals surface area contributed by atoms with Crippen molar-refractivity contribution < 1.29 is 18.0 Å². The van der Waals surface area contributed by atoms with Gasteiger partial charge < -0.3 is 10.6 Å². The molecule has 2 fully saturated rings. The molecule has 2 bridgehead atoms. The van der Waals surface area contributed by atoms with Crippen LogP contribution in [0.5, 0.6) is 0 Å². The molecule has 25 heavy (non-hydrogen) atoms. The summed E-state index contributed by atoms with van der Waals surface area (Å²) in [7, 11) is 3.02. The molecule has 0 saturated heterocycles. The predicted octanol–water partition coefficient (Wildman–Crippen LogP) is 2.55. The number of nitrogens with two attached hydrogens (primary N) is 1.